The fraction of sp³-hybridized carbons (Fsp3) is 0.250. The zero-order valence-electron chi connectivity index (χ0n) is 11.1. The van der Waals surface area contributed by atoms with E-state index in [4.69, 9.17) is 5.73 Å². The predicted molar refractivity (Wildman–Crippen MR) is 86.8 cm³/mol. The van der Waals surface area contributed by atoms with Crippen molar-refractivity contribution in [3.05, 3.63) is 59.4 Å². The molecular weight excluding hydrogens is 352 g/mol. The molecule has 0 heterocycles. The summed E-state index contributed by atoms with van der Waals surface area (Å²) in [6.45, 7) is 3.90. The Morgan fingerprint density at radius 1 is 1.21 bits per heavy atom. The van der Waals surface area contributed by atoms with Gasteiger partial charge in [0.2, 0.25) is 0 Å². The second-order valence-electron chi connectivity index (χ2n) is 4.78. The molecule has 2 N–H and O–H groups in total. The van der Waals surface area contributed by atoms with Crippen molar-refractivity contribution in [3.63, 3.8) is 0 Å². The summed E-state index contributed by atoms with van der Waals surface area (Å²) in [5.41, 5.74) is 9.69. The normalized spacial score (nSPS) is 14.2. The van der Waals surface area contributed by atoms with E-state index in [9.17, 15) is 4.39 Å². The highest BCUT2D eigenvalue weighted by atomic mass is 127. The topological polar surface area (TPSA) is 26.0 Å². The minimum atomic E-state index is -0.690. The summed E-state index contributed by atoms with van der Waals surface area (Å²) in [6, 6.07) is 13.4. The molecule has 0 unspecified atom stereocenters. The van der Waals surface area contributed by atoms with Gasteiger partial charge >= 0.3 is 0 Å². The Morgan fingerprint density at radius 2 is 1.89 bits per heavy atom. The third-order valence-corrected chi connectivity index (χ3v) is 3.79. The molecule has 19 heavy (non-hydrogen) atoms. The third-order valence-electron chi connectivity index (χ3n) is 3.20. The lowest BCUT2D eigenvalue weighted by atomic mass is 9.96. The van der Waals surface area contributed by atoms with Crippen LogP contribution < -0.4 is 5.73 Å². The van der Waals surface area contributed by atoms with Crippen molar-refractivity contribution in [1.29, 1.82) is 0 Å². The molecule has 3 heteroatoms. The molecule has 2 aromatic rings. The lowest BCUT2D eigenvalue weighted by molar-refractivity contribution is 0.588. The third kappa shape index (κ3) is 3.15. The standard InChI is InChI=1S/C16H17FIN/c1-3-11-6-4-5-7-13(11)12-8-9-14(15(17)10-12)16(2,18)19/h4-10H,3,19H2,1-2H3/t16-/m0/s1. The van der Waals surface area contributed by atoms with E-state index in [1.807, 2.05) is 46.9 Å². The molecule has 0 radical (unpaired) electrons. The first-order valence-corrected chi connectivity index (χ1v) is 7.37. The van der Waals surface area contributed by atoms with Crippen LogP contribution in [0.2, 0.25) is 0 Å². The van der Waals surface area contributed by atoms with Crippen molar-refractivity contribution >= 4 is 22.6 Å². The monoisotopic (exact) mass is 369 g/mol. The molecule has 1 nitrogen and oxygen atoms in total. The summed E-state index contributed by atoms with van der Waals surface area (Å²) in [5, 5.41) is 0. The van der Waals surface area contributed by atoms with Gasteiger partial charge in [0.25, 0.3) is 0 Å². The molecule has 100 valence electrons. The first-order valence-electron chi connectivity index (χ1n) is 6.29. The van der Waals surface area contributed by atoms with Gasteiger partial charge < -0.3 is 5.73 Å². The van der Waals surface area contributed by atoms with Gasteiger partial charge in [-0.3, -0.25) is 0 Å². The molecule has 0 saturated heterocycles. The number of hydrogen-bond acceptors (Lipinski definition) is 1. The number of halogens is 2. The van der Waals surface area contributed by atoms with Gasteiger partial charge in [-0.05, 0) is 36.1 Å². The molecule has 0 aromatic heterocycles. The van der Waals surface area contributed by atoms with Gasteiger partial charge in [-0.2, -0.15) is 0 Å². The number of nitrogens with two attached hydrogens (primary N) is 1. The minimum Gasteiger partial charge on any atom is -0.313 e. The van der Waals surface area contributed by atoms with Crippen LogP contribution in [-0.2, 0) is 9.97 Å². The highest BCUT2D eigenvalue weighted by molar-refractivity contribution is 14.1. The van der Waals surface area contributed by atoms with Crippen LogP contribution in [0.25, 0.3) is 11.1 Å². The Morgan fingerprint density at radius 3 is 2.47 bits per heavy atom. The SMILES string of the molecule is CCc1ccccc1-c1ccc([C@](C)(N)I)c(F)c1. The Balaban J connectivity index is 2.51. The average Bonchev–Trinajstić information content (AvgIpc) is 2.37. The number of aryl methyl sites for hydroxylation is 1. The molecule has 0 aliphatic rings. The largest absolute Gasteiger partial charge is 0.313 e. The molecule has 0 amide bonds. The van der Waals surface area contributed by atoms with Crippen molar-refractivity contribution in [1.82, 2.24) is 0 Å². The molecular formula is C16H17FIN. The van der Waals surface area contributed by atoms with E-state index in [1.165, 1.54) is 5.56 Å². The summed E-state index contributed by atoms with van der Waals surface area (Å²) in [5.74, 6) is -0.247. The Labute approximate surface area is 127 Å². The fourth-order valence-electron chi connectivity index (χ4n) is 2.19. The predicted octanol–water partition coefficient (Wildman–Crippen LogP) is 4.62. The highest BCUT2D eigenvalue weighted by Crippen LogP contribution is 2.31. The van der Waals surface area contributed by atoms with Crippen molar-refractivity contribution in [2.24, 2.45) is 5.73 Å². The maximum atomic E-state index is 14.2. The van der Waals surface area contributed by atoms with Crippen LogP contribution in [-0.4, -0.2) is 0 Å². The summed E-state index contributed by atoms with van der Waals surface area (Å²) in [4.78, 5) is 0. The number of rotatable bonds is 3. The van der Waals surface area contributed by atoms with Crippen molar-refractivity contribution in [2.45, 2.75) is 23.8 Å². The van der Waals surface area contributed by atoms with E-state index in [-0.39, 0.29) is 5.82 Å². The van der Waals surface area contributed by atoms with Crippen LogP contribution in [0, 0.1) is 5.82 Å². The van der Waals surface area contributed by atoms with Gasteiger partial charge in [0.1, 0.15) is 5.82 Å². The van der Waals surface area contributed by atoms with E-state index in [0.717, 1.165) is 17.5 Å². The Hall–Kier alpha value is -0.940. The lowest BCUT2D eigenvalue weighted by Crippen LogP contribution is -2.26. The van der Waals surface area contributed by atoms with E-state index in [2.05, 4.69) is 13.0 Å². The zero-order chi connectivity index (χ0) is 14.0. The van der Waals surface area contributed by atoms with Crippen LogP contribution in [0.1, 0.15) is 25.0 Å². The molecule has 2 rings (SSSR count). The van der Waals surface area contributed by atoms with Gasteiger partial charge in [-0.1, -0.05) is 65.9 Å². The van der Waals surface area contributed by atoms with E-state index >= 15 is 0 Å². The first-order chi connectivity index (χ1) is 8.93. The molecule has 0 saturated carbocycles. The molecule has 0 bridgehead atoms. The van der Waals surface area contributed by atoms with Crippen LogP contribution in [0.4, 0.5) is 4.39 Å². The Bertz CT molecular complexity index is 588. The van der Waals surface area contributed by atoms with E-state index in [0.29, 0.717) is 5.56 Å². The molecule has 0 aliphatic heterocycles. The maximum Gasteiger partial charge on any atom is 0.129 e. The average molecular weight is 369 g/mol. The number of alkyl halides is 1. The molecule has 1 atom stereocenters. The van der Waals surface area contributed by atoms with Crippen LogP contribution >= 0.6 is 22.6 Å². The van der Waals surface area contributed by atoms with Crippen LogP contribution in [0.5, 0.6) is 0 Å². The second-order valence-corrected chi connectivity index (χ2v) is 7.02. The maximum absolute atomic E-state index is 14.2. The summed E-state index contributed by atoms with van der Waals surface area (Å²) in [7, 11) is 0. The quantitative estimate of drug-likeness (QED) is 0.477. The summed E-state index contributed by atoms with van der Waals surface area (Å²) in [6.07, 6.45) is 0.931. The van der Waals surface area contributed by atoms with Gasteiger partial charge in [0.05, 0.1) is 3.55 Å². The van der Waals surface area contributed by atoms with Crippen molar-refractivity contribution in [3.8, 4) is 11.1 Å². The first kappa shape index (κ1) is 14.5. The second kappa shape index (κ2) is 5.59. The van der Waals surface area contributed by atoms with Crippen molar-refractivity contribution in [2.75, 3.05) is 0 Å². The smallest absolute Gasteiger partial charge is 0.129 e. The van der Waals surface area contributed by atoms with Crippen molar-refractivity contribution < 1.29 is 4.39 Å². The molecule has 0 spiro atoms. The molecule has 2 aromatic carbocycles. The summed E-state index contributed by atoms with van der Waals surface area (Å²) < 4.78 is 13.5. The van der Waals surface area contributed by atoms with Gasteiger partial charge in [0.15, 0.2) is 0 Å². The fourth-order valence-corrected chi connectivity index (χ4v) is 2.63. The summed E-state index contributed by atoms with van der Waals surface area (Å²) >= 11 is 2.05. The van der Waals surface area contributed by atoms with Crippen LogP contribution in [0.15, 0.2) is 42.5 Å². The van der Waals surface area contributed by atoms with E-state index < -0.39 is 3.55 Å². The Kier molecular flexibility index (Phi) is 4.26. The molecule has 0 aliphatic carbocycles. The number of benzene rings is 2. The lowest BCUT2D eigenvalue weighted by Gasteiger charge is -2.18. The van der Waals surface area contributed by atoms with Crippen LogP contribution in [0.3, 0.4) is 0 Å². The zero-order valence-corrected chi connectivity index (χ0v) is 13.2. The minimum absolute atomic E-state index is 0.247. The van der Waals surface area contributed by atoms with Gasteiger partial charge in [-0.25, -0.2) is 4.39 Å². The highest BCUT2D eigenvalue weighted by Gasteiger charge is 2.21. The van der Waals surface area contributed by atoms with E-state index in [1.54, 1.807) is 19.1 Å². The van der Waals surface area contributed by atoms with Gasteiger partial charge in [-0.15, -0.1) is 0 Å². The number of hydrogen-bond donors (Lipinski definition) is 1. The molecule has 0 fully saturated rings. The van der Waals surface area contributed by atoms with Gasteiger partial charge in [0, 0.05) is 5.56 Å².